The van der Waals surface area contributed by atoms with Crippen LogP contribution >= 0.6 is 0 Å². The maximum atomic E-state index is 4.54. The van der Waals surface area contributed by atoms with Crippen LogP contribution in [0.3, 0.4) is 0 Å². The second-order valence-corrected chi connectivity index (χ2v) is 4.75. The highest BCUT2D eigenvalue weighted by Gasteiger charge is 2.32. The molecule has 0 saturated heterocycles. The quantitative estimate of drug-likeness (QED) is 0.761. The molecule has 1 atom stereocenters. The number of fused-ring (bicyclic) bond motifs is 1. The van der Waals surface area contributed by atoms with Gasteiger partial charge in [0.2, 0.25) is 0 Å². The molecule has 92 valence electrons. The third kappa shape index (κ3) is 1.47. The summed E-state index contributed by atoms with van der Waals surface area (Å²) in [4.78, 5) is 9.10. The van der Waals surface area contributed by atoms with Crippen LogP contribution < -0.4 is 9.80 Å². The Morgan fingerprint density at radius 1 is 1.06 bits per heavy atom. The molecule has 1 unspecified atom stereocenters. The summed E-state index contributed by atoms with van der Waals surface area (Å²) < 4.78 is 0. The second-order valence-electron chi connectivity index (χ2n) is 4.75. The van der Waals surface area contributed by atoms with Gasteiger partial charge in [0, 0.05) is 18.9 Å². The lowest BCUT2D eigenvalue weighted by Crippen LogP contribution is -2.36. The van der Waals surface area contributed by atoms with Crippen LogP contribution in [0.15, 0.2) is 42.6 Å². The van der Waals surface area contributed by atoms with Crippen molar-refractivity contribution in [3.8, 4) is 0 Å². The number of para-hydroxylation sites is 1. The van der Waals surface area contributed by atoms with E-state index in [1.54, 1.807) is 0 Å². The van der Waals surface area contributed by atoms with Gasteiger partial charge in [-0.3, -0.25) is 0 Å². The third-order valence-electron chi connectivity index (χ3n) is 3.68. The fourth-order valence-corrected chi connectivity index (χ4v) is 2.55. The summed E-state index contributed by atoms with van der Waals surface area (Å²) in [6, 6.07) is 12.6. The molecule has 0 aliphatic carbocycles. The molecule has 0 fully saturated rings. The largest absolute Gasteiger partial charge is 0.351 e. The number of hydrogen-bond donors (Lipinski definition) is 0. The summed E-state index contributed by atoms with van der Waals surface area (Å²) in [5.74, 6) is 1.04. The first-order valence-corrected chi connectivity index (χ1v) is 6.23. The van der Waals surface area contributed by atoms with Gasteiger partial charge in [0.15, 0.2) is 5.82 Å². The predicted octanol–water partition coefficient (Wildman–Crippen LogP) is 3.32. The van der Waals surface area contributed by atoms with Gasteiger partial charge in [0.1, 0.15) is 6.17 Å². The Hall–Kier alpha value is -2.03. The number of hydrogen-bond acceptors (Lipinski definition) is 3. The van der Waals surface area contributed by atoms with Crippen LogP contribution in [0, 0.1) is 6.92 Å². The van der Waals surface area contributed by atoms with Crippen molar-refractivity contribution in [1.82, 2.24) is 4.98 Å². The van der Waals surface area contributed by atoms with Crippen LogP contribution in [0.25, 0.3) is 0 Å². The molecule has 3 nitrogen and oxygen atoms in total. The minimum Gasteiger partial charge on any atom is -0.351 e. The summed E-state index contributed by atoms with van der Waals surface area (Å²) in [5, 5.41) is 0. The Balaban J connectivity index is 2.16. The number of anilines is 3. The average Bonchev–Trinajstić information content (AvgIpc) is 2.64. The fraction of sp³-hybridized carbons (Fsp3) is 0.267. The zero-order valence-electron chi connectivity index (χ0n) is 11.0. The Kier molecular flexibility index (Phi) is 2.47. The SMILES string of the molecule is Cc1ccccc1N1c2ncccc2N(C)C1C. The van der Waals surface area contributed by atoms with E-state index in [1.165, 1.54) is 16.9 Å². The molecule has 0 N–H and O–H groups in total. The standard InChI is InChI=1S/C15H17N3/c1-11-7-4-5-8-13(11)18-12(2)17(3)14-9-6-10-16-15(14)18/h4-10,12H,1-3H3. The summed E-state index contributed by atoms with van der Waals surface area (Å²) in [7, 11) is 2.11. The third-order valence-corrected chi connectivity index (χ3v) is 3.68. The van der Waals surface area contributed by atoms with Crippen molar-refractivity contribution in [3.63, 3.8) is 0 Å². The van der Waals surface area contributed by atoms with Gasteiger partial charge in [-0.2, -0.15) is 0 Å². The molecule has 0 radical (unpaired) electrons. The number of benzene rings is 1. The molecule has 1 aromatic carbocycles. The molecule has 3 rings (SSSR count). The highest BCUT2D eigenvalue weighted by atomic mass is 15.4. The zero-order valence-corrected chi connectivity index (χ0v) is 11.0. The first-order chi connectivity index (χ1) is 8.70. The molecule has 1 aliphatic rings. The second kappa shape index (κ2) is 4.02. The van der Waals surface area contributed by atoms with E-state index in [0.29, 0.717) is 0 Å². The van der Waals surface area contributed by atoms with Gasteiger partial charge in [-0.25, -0.2) is 4.98 Å². The van der Waals surface area contributed by atoms with Crippen LogP contribution in [-0.2, 0) is 0 Å². The van der Waals surface area contributed by atoms with E-state index >= 15 is 0 Å². The molecule has 3 heteroatoms. The Bertz CT molecular complexity index is 579. The van der Waals surface area contributed by atoms with Crippen LogP contribution in [0.5, 0.6) is 0 Å². The topological polar surface area (TPSA) is 19.4 Å². The Morgan fingerprint density at radius 2 is 1.78 bits per heavy atom. The molecule has 0 saturated carbocycles. The molecule has 0 amide bonds. The number of pyridine rings is 1. The number of rotatable bonds is 1. The highest BCUT2D eigenvalue weighted by molar-refractivity contribution is 5.81. The lowest BCUT2D eigenvalue weighted by Gasteiger charge is -2.28. The van der Waals surface area contributed by atoms with Crippen LogP contribution in [-0.4, -0.2) is 18.2 Å². The summed E-state index contributed by atoms with van der Waals surface area (Å²) in [5.41, 5.74) is 3.69. The van der Waals surface area contributed by atoms with Crippen molar-refractivity contribution < 1.29 is 0 Å². The maximum Gasteiger partial charge on any atom is 0.158 e. The van der Waals surface area contributed by atoms with Crippen molar-refractivity contribution in [3.05, 3.63) is 48.2 Å². The highest BCUT2D eigenvalue weighted by Crippen LogP contribution is 2.42. The molecule has 18 heavy (non-hydrogen) atoms. The van der Waals surface area contributed by atoms with Gasteiger partial charge in [-0.15, -0.1) is 0 Å². The first kappa shape index (κ1) is 11.1. The smallest absolute Gasteiger partial charge is 0.158 e. The number of aromatic nitrogens is 1. The van der Waals surface area contributed by atoms with E-state index in [4.69, 9.17) is 0 Å². The van der Waals surface area contributed by atoms with Crippen LogP contribution in [0.2, 0.25) is 0 Å². The molecular formula is C15H17N3. The van der Waals surface area contributed by atoms with Crippen molar-refractivity contribution >= 4 is 17.2 Å². The lowest BCUT2D eigenvalue weighted by molar-refractivity contribution is 0.729. The van der Waals surface area contributed by atoms with Gasteiger partial charge in [0.25, 0.3) is 0 Å². The molecule has 0 bridgehead atoms. The van der Waals surface area contributed by atoms with Gasteiger partial charge in [-0.05, 0) is 37.6 Å². The summed E-state index contributed by atoms with van der Waals surface area (Å²) in [6.07, 6.45) is 2.15. The van der Waals surface area contributed by atoms with Gasteiger partial charge in [-0.1, -0.05) is 18.2 Å². The molecular weight excluding hydrogens is 222 g/mol. The van der Waals surface area contributed by atoms with E-state index in [9.17, 15) is 0 Å². The van der Waals surface area contributed by atoms with Gasteiger partial charge in [0.05, 0.1) is 5.69 Å². The van der Waals surface area contributed by atoms with Crippen molar-refractivity contribution in [2.75, 3.05) is 16.8 Å². The van der Waals surface area contributed by atoms with Gasteiger partial charge < -0.3 is 9.80 Å². The molecule has 2 aromatic rings. The fourth-order valence-electron chi connectivity index (χ4n) is 2.55. The minimum atomic E-state index is 0.288. The molecule has 1 aliphatic heterocycles. The lowest BCUT2D eigenvalue weighted by atomic mass is 10.2. The number of nitrogens with zero attached hydrogens (tertiary/aromatic N) is 3. The van der Waals surface area contributed by atoms with E-state index in [-0.39, 0.29) is 6.17 Å². The van der Waals surface area contributed by atoms with E-state index < -0.39 is 0 Å². The molecule has 2 heterocycles. The maximum absolute atomic E-state index is 4.54. The zero-order chi connectivity index (χ0) is 12.7. The Labute approximate surface area is 108 Å². The van der Waals surface area contributed by atoms with Crippen molar-refractivity contribution in [2.45, 2.75) is 20.0 Å². The first-order valence-electron chi connectivity index (χ1n) is 6.23. The molecule has 0 spiro atoms. The van der Waals surface area contributed by atoms with E-state index in [2.05, 4.69) is 66.0 Å². The van der Waals surface area contributed by atoms with E-state index in [0.717, 1.165) is 5.82 Å². The van der Waals surface area contributed by atoms with E-state index in [1.807, 2.05) is 12.3 Å². The van der Waals surface area contributed by atoms with Gasteiger partial charge >= 0.3 is 0 Å². The predicted molar refractivity (Wildman–Crippen MR) is 75.4 cm³/mol. The normalized spacial score (nSPS) is 18.1. The molecule has 1 aromatic heterocycles. The van der Waals surface area contributed by atoms with Crippen LogP contribution in [0.1, 0.15) is 12.5 Å². The van der Waals surface area contributed by atoms with Crippen molar-refractivity contribution in [2.24, 2.45) is 0 Å². The minimum absolute atomic E-state index is 0.288. The average molecular weight is 239 g/mol. The van der Waals surface area contributed by atoms with Crippen molar-refractivity contribution in [1.29, 1.82) is 0 Å². The Morgan fingerprint density at radius 3 is 2.56 bits per heavy atom. The summed E-state index contributed by atoms with van der Waals surface area (Å²) in [6.45, 7) is 4.34. The summed E-state index contributed by atoms with van der Waals surface area (Å²) >= 11 is 0. The number of aryl methyl sites for hydroxylation is 1. The monoisotopic (exact) mass is 239 g/mol. The van der Waals surface area contributed by atoms with Crippen LogP contribution in [0.4, 0.5) is 17.2 Å².